The molecule has 3 aliphatic rings. The lowest BCUT2D eigenvalue weighted by Gasteiger charge is -2.61. The first-order valence-corrected chi connectivity index (χ1v) is 20.0. The molecule has 2 bridgehead atoms. The second kappa shape index (κ2) is 15.8. The van der Waals surface area contributed by atoms with Gasteiger partial charge in [0.25, 0.3) is 5.56 Å². The summed E-state index contributed by atoms with van der Waals surface area (Å²) in [6.45, 7) is 12.3. The van der Waals surface area contributed by atoms with Crippen molar-refractivity contribution in [3.8, 4) is 6.07 Å². The number of aryl methyl sites for hydroxylation is 1. The molecule has 5 aromatic rings. The van der Waals surface area contributed by atoms with Gasteiger partial charge in [0, 0.05) is 36.8 Å². The summed E-state index contributed by atoms with van der Waals surface area (Å²) in [6, 6.07) is 10.2. The number of pyridine rings is 2. The van der Waals surface area contributed by atoms with Crippen LogP contribution < -0.4 is 21.1 Å². The molecule has 2 amide bonds. The standard InChI is InChI=1S/C43H48ClN9O7/c1-24(48-39(56)60-42(5,6)7)38(55)58-23-59-40(57)53(27-14-31-34(47-22-41(2,3)4)26(19-45)20-46-35(31)32(44)15-27)36(33-21-52(50-49-33)43-16-25(17-43)18-43)29-10-9-11-30-28(29)12-13-51(8)37(30)54/h9-15,20-21,24-25,36H,16-18,22-23H2,1-8H3,(H,46,47)(H,48,56). The number of alkyl carbamates (subject to hydrolysis) is 1. The topological polar surface area (TPSA) is 196 Å². The van der Waals surface area contributed by atoms with Crippen molar-refractivity contribution in [1.82, 2.24) is 29.9 Å². The van der Waals surface area contributed by atoms with E-state index in [9.17, 15) is 24.4 Å². The van der Waals surface area contributed by atoms with Crippen LogP contribution in [0.5, 0.6) is 0 Å². The number of nitrogens with zero attached hydrogens (tertiary/aromatic N) is 7. The highest BCUT2D eigenvalue weighted by atomic mass is 35.5. The third kappa shape index (κ3) is 8.31. The monoisotopic (exact) mass is 837 g/mol. The first kappa shape index (κ1) is 41.9. The fourth-order valence-electron chi connectivity index (χ4n) is 7.66. The van der Waals surface area contributed by atoms with E-state index >= 15 is 0 Å². The number of rotatable bonds is 11. The van der Waals surface area contributed by atoms with E-state index in [1.807, 2.05) is 10.9 Å². The molecule has 2 unspecified atom stereocenters. The average molecular weight is 838 g/mol. The van der Waals surface area contributed by atoms with E-state index in [1.54, 1.807) is 70.4 Å². The summed E-state index contributed by atoms with van der Waals surface area (Å²) in [5.74, 6) is -0.242. The number of fused-ring (bicyclic) bond motifs is 2. The van der Waals surface area contributed by atoms with E-state index in [-0.39, 0.29) is 32.8 Å². The third-order valence-corrected chi connectivity index (χ3v) is 11.1. The van der Waals surface area contributed by atoms with Crippen LogP contribution in [-0.4, -0.2) is 67.7 Å². The molecule has 3 heterocycles. The van der Waals surface area contributed by atoms with Crippen LogP contribution in [-0.2, 0) is 31.6 Å². The molecule has 3 saturated carbocycles. The number of aromatic nitrogens is 5. The summed E-state index contributed by atoms with van der Waals surface area (Å²) in [6.07, 6.45) is 6.03. The van der Waals surface area contributed by atoms with Crippen molar-refractivity contribution in [3.05, 3.63) is 87.2 Å². The molecular formula is C43H48ClN9O7. The van der Waals surface area contributed by atoms with Gasteiger partial charge in [0.2, 0.25) is 6.79 Å². The number of hydrogen-bond acceptors (Lipinski definition) is 12. The smallest absolute Gasteiger partial charge is 0.418 e. The maximum atomic E-state index is 14.8. The quantitative estimate of drug-likeness (QED) is 0.0996. The van der Waals surface area contributed by atoms with Crippen molar-refractivity contribution in [3.63, 3.8) is 0 Å². The summed E-state index contributed by atoms with van der Waals surface area (Å²) in [5.41, 5.74) is 0.817. The Labute approximate surface area is 351 Å². The van der Waals surface area contributed by atoms with Gasteiger partial charge in [-0.3, -0.25) is 14.7 Å². The Balaban J connectivity index is 1.36. The van der Waals surface area contributed by atoms with Crippen LogP contribution in [0.2, 0.25) is 5.02 Å². The summed E-state index contributed by atoms with van der Waals surface area (Å²) < 4.78 is 19.6. The number of nitriles is 1. The van der Waals surface area contributed by atoms with Crippen molar-refractivity contribution < 1.29 is 28.6 Å². The highest BCUT2D eigenvalue weighted by Gasteiger charge is 2.59. The molecule has 2 aromatic carbocycles. The number of carbonyl (C=O) groups is 3. The third-order valence-electron chi connectivity index (χ3n) is 10.8. The lowest BCUT2D eigenvalue weighted by atomic mass is 9.50. The number of halogens is 1. The summed E-state index contributed by atoms with van der Waals surface area (Å²) in [7, 11) is 1.65. The maximum Gasteiger partial charge on any atom is 0.418 e. The molecule has 3 aliphatic carbocycles. The van der Waals surface area contributed by atoms with Crippen molar-refractivity contribution in [1.29, 1.82) is 5.26 Å². The first-order valence-electron chi connectivity index (χ1n) is 19.7. The van der Waals surface area contributed by atoms with Crippen LogP contribution in [0.25, 0.3) is 21.7 Å². The van der Waals surface area contributed by atoms with Gasteiger partial charge in [-0.1, -0.05) is 49.7 Å². The molecule has 0 spiro atoms. The van der Waals surface area contributed by atoms with E-state index in [4.69, 9.17) is 25.8 Å². The van der Waals surface area contributed by atoms with Crippen LogP contribution in [0, 0.1) is 22.7 Å². The number of esters is 1. The largest absolute Gasteiger partial charge is 0.444 e. The zero-order valence-corrected chi connectivity index (χ0v) is 35.6. The molecule has 0 radical (unpaired) electrons. The van der Waals surface area contributed by atoms with Gasteiger partial charge < -0.3 is 29.4 Å². The van der Waals surface area contributed by atoms with E-state index < -0.39 is 42.6 Å². The molecule has 0 aliphatic heterocycles. The lowest BCUT2D eigenvalue weighted by molar-refractivity contribution is -0.153. The van der Waals surface area contributed by atoms with Gasteiger partial charge in [0.15, 0.2) is 0 Å². The number of benzene rings is 2. The Morgan fingerprint density at radius 3 is 2.45 bits per heavy atom. The van der Waals surface area contributed by atoms with Gasteiger partial charge in [-0.2, -0.15) is 5.26 Å². The van der Waals surface area contributed by atoms with Crippen molar-refractivity contribution in [2.24, 2.45) is 18.4 Å². The molecule has 16 nitrogen and oxygen atoms in total. The maximum absolute atomic E-state index is 14.8. The highest BCUT2D eigenvalue weighted by Crippen LogP contribution is 2.62. The van der Waals surface area contributed by atoms with Crippen LogP contribution in [0.15, 0.2) is 59.8 Å². The molecule has 3 aromatic heterocycles. The molecule has 314 valence electrons. The molecule has 60 heavy (non-hydrogen) atoms. The Bertz CT molecular complexity index is 2600. The minimum absolute atomic E-state index is 0.155. The lowest BCUT2D eigenvalue weighted by Crippen LogP contribution is -2.59. The van der Waals surface area contributed by atoms with Gasteiger partial charge in [0.1, 0.15) is 29.4 Å². The average Bonchev–Trinajstić information content (AvgIpc) is 3.60. The van der Waals surface area contributed by atoms with Gasteiger partial charge in [0.05, 0.1) is 39.2 Å². The predicted octanol–water partition coefficient (Wildman–Crippen LogP) is 7.32. The fraction of sp³-hybridized carbons (Fsp3) is 0.442. The number of amides is 2. The molecule has 0 saturated heterocycles. The molecular weight excluding hydrogens is 790 g/mol. The summed E-state index contributed by atoms with van der Waals surface area (Å²) in [4.78, 5) is 59.5. The Morgan fingerprint density at radius 2 is 1.80 bits per heavy atom. The normalized spacial score (nSPS) is 18.0. The first-order chi connectivity index (χ1) is 28.3. The molecule has 3 fully saturated rings. The minimum Gasteiger partial charge on any atom is -0.444 e. The van der Waals surface area contributed by atoms with Gasteiger partial charge in [-0.15, -0.1) is 5.10 Å². The number of carbonyl (C=O) groups excluding carboxylic acids is 3. The van der Waals surface area contributed by atoms with E-state index in [2.05, 4.69) is 52.8 Å². The highest BCUT2D eigenvalue weighted by molar-refractivity contribution is 6.36. The minimum atomic E-state index is -1.15. The molecule has 2 N–H and O–H groups in total. The van der Waals surface area contributed by atoms with Crippen LogP contribution in [0.3, 0.4) is 0 Å². The van der Waals surface area contributed by atoms with Gasteiger partial charge in [-0.25, -0.2) is 19.1 Å². The number of ether oxygens (including phenoxy) is 3. The van der Waals surface area contributed by atoms with Crippen molar-refractivity contribution in [2.45, 2.75) is 91.0 Å². The van der Waals surface area contributed by atoms with Crippen molar-refractivity contribution >= 4 is 62.8 Å². The van der Waals surface area contributed by atoms with E-state index in [1.165, 1.54) is 22.6 Å². The van der Waals surface area contributed by atoms with E-state index in [0.717, 1.165) is 19.3 Å². The molecule has 17 heteroatoms. The Morgan fingerprint density at radius 1 is 1.07 bits per heavy atom. The zero-order valence-electron chi connectivity index (χ0n) is 34.8. The summed E-state index contributed by atoms with van der Waals surface area (Å²) >= 11 is 7.01. The van der Waals surface area contributed by atoms with Gasteiger partial charge >= 0.3 is 18.2 Å². The second-order valence-electron chi connectivity index (χ2n) is 17.9. The molecule has 8 rings (SSSR count). The zero-order chi connectivity index (χ0) is 43.3. The van der Waals surface area contributed by atoms with Gasteiger partial charge in [-0.05, 0) is 93.5 Å². The summed E-state index contributed by atoms with van der Waals surface area (Å²) in [5, 5.41) is 26.8. The van der Waals surface area contributed by atoms with Crippen LogP contribution >= 0.6 is 11.6 Å². The SMILES string of the molecule is CC(NC(=O)OC(C)(C)C)C(=O)OCOC(=O)N(c1cc(Cl)c2ncc(C#N)c(NCC(C)(C)C)c2c1)C(c1cn(C23CC(C2)C3)nn1)c1cccc2c(=O)n(C)ccc12. The van der Waals surface area contributed by atoms with Crippen molar-refractivity contribution in [2.75, 3.05) is 23.6 Å². The fourth-order valence-corrected chi connectivity index (χ4v) is 7.93. The second-order valence-corrected chi connectivity index (χ2v) is 18.3. The van der Waals surface area contributed by atoms with E-state index in [0.29, 0.717) is 51.1 Å². The number of anilines is 2. The molecule has 2 atom stereocenters. The van der Waals surface area contributed by atoms with Crippen LogP contribution in [0.1, 0.15) is 90.6 Å². The predicted molar refractivity (Wildman–Crippen MR) is 225 cm³/mol. The van der Waals surface area contributed by atoms with Crippen LogP contribution in [0.4, 0.5) is 21.0 Å². The Kier molecular flexibility index (Phi) is 11.0. The number of hydrogen-bond donors (Lipinski definition) is 2. The number of nitrogens with one attached hydrogen (secondary N) is 2. The Hall–Kier alpha value is -6.21.